The molecule has 10 heteroatoms. The lowest BCUT2D eigenvalue weighted by atomic mass is 9.85. The van der Waals surface area contributed by atoms with Crippen LogP contribution in [-0.2, 0) is 25.7 Å². The molecule has 4 unspecified atom stereocenters. The highest BCUT2D eigenvalue weighted by atomic mass is 35.5. The smallest absolute Gasteiger partial charge is 0.204 e. The maximum absolute atomic E-state index is 7.36. The highest BCUT2D eigenvalue weighted by molar-refractivity contribution is 6.17. The highest BCUT2D eigenvalue weighted by Gasteiger charge is 2.45. The number of fused-ring (bicyclic) bond motifs is 2. The van der Waals surface area contributed by atoms with E-state index in [1.807, 2.05) is 24.3 Å². The number of alkyl halides is 2. The van der Waals surface area contributed by atoms with Crippen molar-refractivity contribution in [2.75, 3.05) is 67.6 Å². The lowest BCUT2D eigenvalue weighted by Gasteiger charge is -2.46. The molecule has 4 aromatic rings. The van der Waals surface area contributed by atoms with E-state index in [-0.39, 0.29) is 12.1 Å². The second kappa shape index (κ2) is 13.7. The molecule has 0 fully saturated rings. The van der Waals surface area contributed by atoms with Crippen LogP contribution in [0.5, 0.6) is 46.0 Å². The maximum atomic E-state index is 7.36. The summed E-state index contributed by atoms with van der Waals surface area (Å²) in [6, 6.07) is 21.5. The van der Waals surface area contributed by atoms with Crippen LogP contribution in [0, 0.1) is 0 Å². The molecule has 4 aliphatic heterocycles. The molecular weight excluding hydrogens is 675 g/mol. The Balaban J connectivity index is 1.55. The Bertz CT molecular complexity index is 1900. The van der Waals surface area contributed by atoms with Gasteiger partial charge in [-0.3, -0.25) is 0 Å². The number of hydrogen-bond acceptors (Lipinski definition) is 6. The van der Waals surface area contributed by atoms with Crippen LogP contribution in [0.3, 0.4) is 0 Å². The van der Waals surface area contributed by atoms with Crippen molar-refractivity contribution < 1.29 is 37.4 Å². The van der Waals surface area contributed by atoms with Gasteiger partial charge in [0.1, 0.15) is 17.8 Å². The number of quaternary nitrogens is 2. The third-order valence-corrected chi connectivity index (χ3v) is 12.3. The van der Waals surface area contributed by atoms with Crippen LogP contribution in [0.1, 0.15) is 45.5 Å². The van der Waals surface area contributed by atoms with Gasteiger partial charge in [-0.15, -0.1) is 0 Å². The maximum Gasteiger partial charge on any atom is 0.204 e. The van der Waals surface area contributed by atoms with Crippen LogP contribution in [0.4, 0.5) is 0 Å². The van der Waals surface area contributed by atoms with E-state index < -0.39 is 0 Å². The third-order valence-electron chi connectivity index (χ3n) is 11.2. The molecule has 0 N–H and O–H groups in total. The molecule has 4 atom stereocenters. The SMILES string of the molecule is COc1ccc2cc1Oc1ccc(cc1)CC1c3c(ccc(OC)c3Oc3c(OC)c(OC)cc4c3C(C2)[N+](C)(CCl)CC4)CC[N+]1(C)CCl. The molecule has 264 valence electrons. The fourth-order valence-electron chi connectivity index (χ4n) is 8.08. The van der Waals surface area contributed by atoms with Crippen molar-refractivity contribution in [2.24, 2.45) is 0 Å². The fourth-order valence-corrected chi connectivity index (χ4v) is 8.66. The van der Waals surface area contributed by atoms with Gasteiger partial charge in [-0.1, -0.05) is 47.5 Å². The number of methoxy groups -OCH3 is 4. The van der Waals surface area contributed by atoms with Gasteiger partial charge in [-0.05, 0) is 58.7 Å². The summed E-state index contributed by atoms with van der Waals surface area (Å²) in [5.74, 6) is 5.16. The molecule has 4 aromatic carbocycles. The first-order valence-corrected chi connectivity index (χ1v) is 18.2. The minimum absolute atomic E-state index is 0.0222. The normalized spacial score (nSPS) is 23.8. The Morgan fingerprint density at radius 1 is 0.620 bits per heavy atom. The van der Waals surface area contributed by atoms with Crippen molar-refractivity contribution in [1.82, 2.24) is 0 Å². The van der Waals surface area contributed by atoms with Gasteiger partial charge in [0.25, 0.3) is 0 Å². The van der Waals surface area contributed by atoms with Gasteiger partial charge in [0.2, 0.25) is 5.75 Å². The van der Waals surface area contributed by atoms with Crippen molar-refractivity contribution in [3.63, 3.8) is 0 Å². The number of ether oxygens (including phenoxy) is 6. The first-order chi connectivity index (χ1) is 24.2. The van der Waals surface area contributed by atoms with Crippen LogP contribution in [0.25, 0.3) is 0 Å². The van der Waals surface area contributed by atoms with E-state index in [1.165, 1.54) is 5.56 Å². The van der Waals surface area contributed by atoms with Gasteiger partial charge in [0.05, 0.1) is 66.8 Å². The van der Waals surface area contributed by atoms with E-state index in [0.29, 0.717) is 67.6 Å². The van der Waals surface area contributed by atoms with Crippen LogP contribution >= 0.6 is 23.2 Å². The Hall–Kier alpha value is -3.82. The molecule has 50 heavy (non-hydrogen) atoms. The summed E-state index contributed by atoms with van der Waals surface area (Å²) in [6.45, 7) is 1.74. The molecule has 4 bridgehead atoms. The molecule has 0 spiro atoms. The Kier molecular flexibility index (Phi) is 9.50. The summed E-state index contributed by atoms with van der Waals surface area (Å²) >= 11 is 13.7. The van der Waals surface area contributed by atoms with Crippen molar-refractivity contribution in [2.45, 2.75) is 37.8 Å². The van der Waals surface area contributed by atoms with Crippen molar-refractivity contribution in [3.05, 3.63) is 94.0 Å². The van der Waals surface area contributed by atoms with E-state index in [1.54, 1.807) is 28.4 Å². The first-order valence-electron chi connectivity index (χ1n) is 17.1. The second-order valence-electron chi connectivity index (χ2n) is 14.1. The molecule has 8 nitrogen and oxygen atoms in total. The van der Waals surface area contributed by atoms with Crippen LogP contribution in [0.2, 0.25) is 0 Å². The van der Waals surface area contributed by atoms with E-state index >= 15 is 0 Å². The van der Waals surface area contributed by atoms with E-state index in [0.717, 1.165) is 65.9 Å². The van der Waals surface area contributed by atoms with Crippen molar-refractivity contribution >= 4 is 23.2 Å². The molecule has 4 heterocycles. The van der Waals surface area contributed by atoms with Crippen LogP contribution in [-0.4, -0.2) is 76.6 Å². The average Bonchev–Trinajstić information content (AvgIpc) is 3.14. The molecule has 8 rings (SSSR count). The zero-order valence-electron chi connectivity index (χ0n) is 29.7. The summed E-state index contributed by atoms with van der Waals surface area (Å²) in [6.07, 6.45) is 3.05. The number of rotatable bonds is 6. The quantitative estimate of drug-likeness (QED) is 0.113. The zero-order valence-corrected chi connectivity index (χ0v) is 31.2. The summed E-state index contributed by atoms with van der Waals surface area (Å²) < 4.78 is 39.1. The summed E-state index contributed by atoms with van der Waals surface area (Å²) in [5, 5.41) is 0. The molecule has 0 amide bonds. The van der Waals surface area contributed by atoms with Crippen molar-refractivity contribution in [3.8, 4) is 46.0 Å². The molecule has 0 radical (unpaired) electrons. The molecule has 0 saturated carbocycles. The fraction of sp³-hybridized carbons (Fsp3) is 0.400. The van der Waals surface area contributed by atoms with Gasteiger partial charge in [0.15, 0.2) is 46.5 Å². The number of halogens is 2. The van der Waals surface area contributed by atoms with E-state index in [2.05, 4.69) is 50.5 Å². The standard InChI is InChI=1S/C40H46Cl2N2O6/c1-43(23-41)17-15-27-10-14-33(46-4)38-36(27)30(43)19-25-7-11-29(12-8-25)49-34-21-26(9-13-32(34)45-3)20-31-37-28(16-18-44(31,2)24-42)22-35(47-5)39(48-6)40(37)50-38/h7-14,21-22,30-31H,15-20,23-24H2,1-6H3/q+2. The summed E-state index contributed by atoms with van der Waals surface area (Å²) in [7, 11) is 11.1. The molecular formula is C40H46Cl2N2O6+2. The van der Waals surface area contributed by atoms with Gasteiger partial charge in [-0.25, -0.2) is 0 Å². The first kappa shape index (κ1) is 34.6. The minimum Gasteiger partial charge on any atom is -0.493 e. The van der Waals surface area contributed by atoms with Crippen LogP contribution < -0.4 is 28.4 Å². The second-order valence-corrected chi connectivity index (χ2v) is 14.6. The predicted molar refractivity (Wildman–Crippen MR) is 196 cm³/mol. The number of likely N-dealkylation sites (N-methyl/N-ethyl adjacent to an activating group) is 2. The molecule has 0 aliphatic carbocycles. The monoisotopic (exact) mass is 720 g/mol. The minimum atomic E-state index is -0.0907. The lowest BCUT2D eigenvalue weighted by Crippen LogP contribution is -2.51. The number of hydrogen-bond donors (Lipinski definition) is 0. The Morgan fingerprint density at radius 3 is 1.82 bits per heavy atom. The van der Waals surface area contributed by atoms with Crippen LogP contribution in [0.15, 0.2) is 60.7 Å². The average molecular weight is 722 g/mol. The lowest BCUT2D eigenvalue weighted by molar-refractivity contribution is -0.931. The van der Waals surface area contributed by atoms with Gasteiger partial charge >= 0.3 is 0 Å². The molecule has 4 aliphatic rings. The van der Waals surface area contributed by atoms with E-state index in [4.69, 9.17) is 51.6 Å². The largest absolute Gasteiger partial charge is 0.493 e. The molecule has 0 aromatic heterocycles. The Labute approximate surface area is 305 Å². The third kappa shape index (κ3) is 5.90. The van der Waals surface area contributed by atoms with Gasteiger partial charge < -0.3 is 37.4 Å². The van der Waals surface area contributed by atoms with Gasteiger partial charge in [0, 0.05) is 25.7 Å². The number of nitrogens with zero attached hydrogens (tertiary/aromatic N) is 2. The Morgan fingerprint density at radius 2 is 1.20 bits per heavy atom. The predicted octanol–water partition coefficient (Wildman–Crippen LogP) is 8.58. The highest BCUT2D eigenvalue weighted by Crippen LogP contribution is 2.55. The van der Waals surface area contributed by atoms with Crippen molar-refractivity contribution in [1.29, 1.82) is 0 Å². The topological polar surface area (TPSA) is 55.4 Å². The van der Waals surface area contributed by atoms with Gasteiger partial charge in [-0.2, -0.15) is 0 Å². The number of benzene rings is 4. The van der Waals surface area contributed by atoms with E-state index in [9.17, 15) is 0 Å². The summed E-state index contributed by atoms with van der Waals surface area (Å²) in [5.41, 5.74) is 6.76. The summed E-state index contributed by atoms with van der Waals surface area (Å²) in [4.78, 5) is 0. The zero-order chi connectivity index (χ0) is 35.2. The molecule has 0 saturated heterocycles.